The van der Waals surface area contributed by atoms with Crippen LogP contribution in [0.25, 0.3) is 0 Å². The Morgan fingerprint density at radius 1 is 0.284 bits per heavy atom. The number of esters is 3. The Bertz CT molecular complexity index is 1040. The molecule has 1 atom stereocenters. The fourth-order valence-corrected chi connectivity index (χ4v) is 9.19. The highest BCUT2D eigenvalue weighted by molar-refractivity contribution is 5.71. The Labute approximate surface area is 418 Å². The second-order valence-electron chi connectivity index (χ2n) is 20.6. The molecule has 396 valence electrons. The fraction of sp³-hybridized carbons (Fsp3) is 0.918. The Morgan fingerprint density at radius 3 is 0.791 bits per heavy atom. The molecule has 0 aromatic heterocycles. The first-order valence-corrected chi connectivity index (χ1v) is 30.2. The minimum absolute atomic E-state index is 0.0664. The van der Waals surface area contributed by atoms with Crippen molar-refractivity contribution >= 4 is 17.9 Å². The molecule has 0 aromatic rings. The summed E-state index contributed by atoms with van der Waals surface area (Å²) < 4.78 is 16.9. The van der Waals surface area contributed by atoms with Crippen LogP contribution in [0.1, 0.15) is 342 Å². The van der Waals surface area contributed by atoms with Crippen LogP contribution in [-0.2, 0) is 28.6 Å². The number of hydrogen-bond acceptors (Lipinski definition) is 6. The summed E-state index contributed by atoms with van der Waals surface area (Å²) in [6.07, 6.45) is 65.0. The molecule has 0 radical (unpaired) electrons. The topological polar surface area (TPSA) is 78.9 Å². The lowest BCUT2D eigenvalue weighted by Gasteiger charge is -2.18. The maximum Gasteiger partial charge on any atom is 0.306 e. The molecule has 0 saturated heterocycles. The van der Waals surface area contributed by atoms with E-state index in [0.29, 0.717) is 19.3 Å². The summed E-state index contributed by atoms with van der Waals surface area (Å²) in [5.74, 6) is -0.850. The van der Waals surface area contributed by atoms with Crippen molar-refractivity contribution in [1.82, 2.24) is 0 Å². The molecule has 0 fully saturated rings. The van der Waals surface area contributed by atoms with E-state index in [0.717, 1.165) is 64.2 Å². The van der Waals surface area contributed by atoms with E-state index in [2.05, 4.69) is 32.9 Å². The van der Waals surface area contributed by atoms with Gasteiger partial charge in [0, 0.05) is 19.3 Å². The Morgan fingerprint density at radius 2 is 0.507 bits per heavy atom. The van der Waals surface area contributed by atoms with Crippen LogP contribution < -0.4 is 0 Å². The van der Waals surface area contributed by atoms with Crippen LogP contribution in [0.15, 0.2) is 12.2 Å². The predicted octanol–water partition coefficient (Wildman–Crippen LogP) is 20.1. The summed E-state index contributed by atoms with van der Waals surface area (Å²) in [6, 6.07) is 0. The van der Waals surface area contributed by atoms with E-state index in [1.807, 2.05) is 0 Å². The van der Waals surface area contributed by atoms with Crippen LogP contribution >= 0.6 is 0 Å². The number of hydrogen-bond donors (Lipinski definition) is 0. The molecular weight excluding hydrogens is 829 g/mol. The molecule has 0 heterocycles. The summed E-state index contributed by atoms with van der Waals surface area (Å²) in [5.41, 5.74) is 0. The van der Waals surface area contributed by atoms with Crippen molar-refractivity contribution in [2.24, 2.45) is 0 Å². The molecule has 0 aromatic carbocycles. The van der Waals surface area contributed by atoms with E-state index < -0.39 is 6.10 Å². The van der Waals surface area contributed by atoms with Crippen LogP contribution in [0.5, 0.6) is 0 Å². The van der Waals surface area contributed by atoms with Crippen LogP contribution in [0.3, 0.4) is 0 Å². The number of allylic oxidation sites excluding steroid dienone is 2. The van der Waals surface area contributed by atoms with E-state index in [4.69, 9.17) is 14.2 Å². The molecule has 0 aliphatic rings. The maximum atomic E-state index is 12.9. The van der Waals surface area contributed by atoms with Crippen LogP contribution in [0, 0.1) is 0 Å². The van der Waals surface area contributed by atoms with Crippen LogP contribution in [0.2, 0.25) is 0 Å². The third-order valence-electron chi connectivity index (χ3n) is 13.8. The SMILES string of the molecule is CCCC/C=C\CCCCCCCC(=O)OC[C@H](COC(=O)CCCCCCCCCCCCCCCCCCCCC)OC(=O)CCCCCCCCCCCCCCCCCCCCC. The van der Waals surface area contributed by atoms with E-state index >= 15 is 0 Å². The van der Waals surface area contributed by atoms with Crippen molar-refractivity contribution in [1.29, 1.82) is 0 Å². The number of ether oxygens (including phenoxy) is 3. The minimum atomic E-state index is -0.767. The van der Waals surface area contributed by atoms with Gasteiger partial charge >= 0.3 is 17.9 Å². The van der Waals surface area contributed by atoms with Gasteiger partial charge in [-0.1, -0.05) is 296 Å². The summed E-state index contributed by atoms with van der Waals surface area (Å²) in [5, 5.41) is 0. The van der Waals surface area contributed by atoms with Crippen LogP contribution in [-0.4, -0.2) is 37.2 Å². The van der Waals surface area contributed by atoms with Crippen molar-refractivity contribution in [3.05, 3.63) is 12.2 Å². The summed E-state index contributed by atoms with van der Waals surface area (Å²) in [7, 11) is 0. The van der Waals surface area contributed by atoms with E-state index in [1.54, 1.807) is 0 Å². The van der Waals surface area contributed by atoms with Gasteiger partial charge in [0.1, 0.15) is 13.2 Å². The number of carbonyl (C=O) groups excluding carboxylic acids is 3. The number of carbonyl (C=O) groups is 3. The molecule has 0 unspecified atom stereocenters. The molecule has 0 spiro atoms. The van der Waals surface area contributed by atoms with E-state index in [1.165, 1.54) is 238 Å². The van der Waals surface area contributed by atoms with Crippen molar-refractivity contribution in [3.8, 4) is 0 Å². The van der Waals surface area contributed by atoms with Crippen LogP contribution in [0.4, 0.5) is 0 Å². The smallest absolute Gasteiger partial charge is 0.306 e. The third-order valence-corrected chi connectivity index (χ3v) is 13.8. The largest absolute Gasteiger partial charge is 0.462 e. The first-order valence-electron chi connectivity index (χ1n) is 30.2. The van der Waals surface area contributed by atoms with Gasteiger partial charge in [-0.25, -0.2) is 0 Å². The monoisotopic (exact) mass is 945 g/mol. The Hall–Kier alpha value is -1.85. The zero-order valence-electron chi connectivity index (χ0n) is 45.5. The highest BCUT2D eigenvalue weighted by atomic mass is 16.6. The predicted molar refractivity (Wildman–Crippen MR) is 289 cm³/mol. The third kappa shape index (κ3) is 55.0. The van der Waals surface area contributed by atoms with Gasteiger partial charge in [0.25, 0.3) is 0 Å². The highest BCUT2D eigenvalue weighted by Crippen LogP contribution is 2.18. The maximum absolute atomic E-state index is 12.9. The van der Waals surface area contributed by atoms with E-state index in [-0.39, 0.29) is 31.1 Å². The molecule has 6 nitrogen and oxygen atoms in total. The zero-order chi connectivity index (χ0) is 48.6. The second kappa shape index (κ2) is 56.7. The van der Waals surface area contributed by atoms with Gasteiger partial charge in [0.05, 0.1) is 0 Å². The molecule has 0 saturated carbocycles. The molecule has 0 aliphatic heterocycles. The fourth-order valence-electron chi connectivity index (χ4n) is 9.19. The molecule has 0 N–H and O–H groups in total. The quantitative estimate of drug-likeness (QED) is 0.0262. The molecule has 0 rings (SSSR count). The molecule has 0 amide bonds. The molecular formula is C61H116O6. The van der Waals surface area contributed by atoms with Crippen molar-refractivity contribution in [2.75, 3.05) is 13.2 Å². The lowest BCUT2D eigenvalue weighted by molar-refractivity contribution is -0.167. The Kier molecular flexibility index (Phi) is 55.2. The Balaban J connectivity index is 4.24. The standard InChI is InChI=1S/C61H116O6/c1-4-7-10-13-16-19-22-24-26-28-30-32-34-36-39-42-45-48-51-54-60(63)66-57-58(56-65-59(62)53-50-47-44-41-38-21-18-15-12-9-6-3)67-61(64)55-52-49-46-43-40-37-35-33-31-29-27-25-23-20-17-14-11-8-5-2/h15,18,58H,4-14,16-17,19-57H2,1-3H3/b18-15-/t58-/m1/s1. The summed E-state index contributed by atoms with van der Waals surface area (Å²) in [4.78, 5) is 38.1. The van der Waals surface area contributed by atoms with Gasteiger partial charge in [-0.3, -0.25) is 14.4 Å². The van der Waals surface area contributed by atoms with Gasteiger partial charge in [-0.05, 0) is 38.5 Å². The lowest BCUT2D eigenvalue weighted by Crippen LogP contribution is -2.30. The van der Waals surface area contributed by atoms with Gasteiger partial charge in [-0.15, -0.1) is 0 Å². The lowest BCUT2D eigenvalue weighted by atomic mass is 10.0. The normalized spacial score (nSPS) is 12.0. The van der Waals surface area contributed by atoms with Gasteiger partial charge in [0.2, 0.25) is 0 Å². The second-order valence-corrected chi connectivity index (χ2v) is 20.6. The van der Waals surface area contributed by atoms with Crippen molar-refractivity contribution < 1.29 is 28.6 Å². The van der Waals surface area contributed by atoms with E-state index in [9.17, 15) is 14.4 Å². The molecule has 0 aliphatic carbocycles. The molecule has 6 heteroatoms. The summed E-state index contributed by atoms with van der Waals surface area (Å²) in [6.45, 7) is 6.66. The first kappa shape index (κ1) is 65.1. The first-order chi connectivity index (χ1) is 33.0. The molecule has 0 bridgehead atoms. The number of rotatable bonds is 56. The highest BCUT2D eigenvalue weighted by Gasteiger charge is 2.19. The summed E-state index contributed by atoms with van der Waals surface area (Å²) >= 11 is 0. The van der Waals surface area contributed by atoms with Gasteiger partial charge < -0.3 is 14.2 Å². The number of unbranched alkanes of at least 4 members (excludes halogenated alkanes) is 43. The molecule has 67 heavy (non-hydrogen) atoms. The van der Waals surface area contributed by atoms with Gasteiger partial charge in [0.15, 0.2) is 6.10 Å². The minimum Gasteiger partial charge on any atom is -0.462 e. The van der Waals surface area contributed by atoms with Crippen molar-refractivity contribution in [2.45, 2.75) is 348 Å². The average molecular weight is 946 g/mol. The van der Waals surface area contributed by atoms with Gasteiger partial charge in [-0.2, -0.15) is 0 Å². The average Bonchev–Trinajstić information content (AvgIpc) is 3.33. The van der Waals surface area contributed by atoms with Crippen molar-refractivity contribution in [3.63, 3.8) is 0 Å². The zero-order valence-corrected chi connectivity index (χ0v) is 45.5.